The van der Waals surface area contributed by atoms with Gasteiger partial charge in [0, 0.05) is 18.5 Å². The van der Waals surface area contributed by atoms with Gasteiger partial charge in [-0.3, -0.25) is 4.79 Å². The van der Waals surface area contributed by atoms with Crippen molar-refractivity contribution in [2.45, 2.75) is 19.1 Å². The molecular formula is C16H18N2O3. The molecule has 5 heteroatoms. The van der Waals surface area contributed by atoms with Crippen LogP contribution in [0.25, 0.3) is 10.9 Å². The van der Waals surface area contributed by atoms with Gasteiger partial charge >= 0.3 is 0 Å². The van der Waals surface area contributed by atoms with Crippen molar-refractivity contribution in [3.8, 4) is 0 Å². The molecule has 2 aromatic rings. The number of ether oxygens (including phenoxy) is 1. The molecule has 0 bridgehead atoms. The molecule has 0 spiro atoms. The van der Waals surface area contributed by atoms with E-state index in [1.54, 1.807) is 0 Å². The Balaban J connectivity index is 2.03. The zero-order chi connectivity index (χ0) is 14.8. The summed E-state index contributed by atoms with van der Waals surface area (Å²) in [6.07, 6.45) is 0.577. The maximum atomic E-state index is 11.4. The summed E-state index contributed by atoms with van der Waals surface area (Å²) in [6.45, 7) is 3.11. The van der Waals surface area contributed by atoms with Crippen molar-refractivity contribution in [3.05, 3.63) is 35.9 Å². The largest absolute Gasteiger partial charge is 0.394 e. The van der Waals surface area contributed by atoms with Crippen LogP contribution in [-0.2, 0) is 4.74 Å². The van der Waals surface area contributed by atoms with Gasteiger partial charge in [-0.2, -0.15) is 0 Å². The lowest BCUT2D eigenvalue weighted by molar-refractivity contribution is -0.0423. The highest BCUT2D eigenvalue weighted by molar-refractivity contribution is 5.91. The molecule has 2 unspecified atom stereocenters. The summed E-state index contributed by atoms with van der Waals surface area (Å²) in [5.41, 5.74) is 1.43. The molecule has 1 fully saturated rings. The Kier molecular flexibility index (Phi) is 3.86. The van der Waals surface area contributed by atoms with Crippen LogP contribution in [0.4, 0.5) is 5.82 Å². The number of fused-ring (bicyclic) bond motifs is 1. The van der Waals surface area contributed by atoms with E-state index in [9.17, 15) is 9.90 Å². The second-order valence-electron chi connectivity index (χ2n) is 5.37. The fourth-order valence-corrected chi connectivity index (χ4v) is 2.78. The van der Waals surface area contributed by atoms with Crippen molar-refractivity contribution in [2.24, 2.45) is 0 Å². The Labute approximate surface area is 123 Å². The topological polar surface area (TPSA) is 62.7 Å². The van der Waals surface area contributed by atoms with Crippen LogP contribution < -0.4 is 4.90 Å². The van der Waals surface area contributed by atoms with Crippen LogP contribution in [0, 0.1) is 0 Å². The third-order valence-corrected chi connectivity index (χ3v) is 3.69. The number of nitrogens with zero attached hydrogens (tertiary/aromatic N) is 2. The summed E-state index contributed by atoms with van der Waals surface area (Å²) < 4.78 is 5.64. The fraction of sp³-hybridized carbons (Fsp3) is 0.375. The maximum absolute atomic E-state index is 11.4. The lowest BCUT2D eigenvalue weighted by Crippen LogP contribution is -2.48. The van der Waals surface area contributed by atoms with Crippen molar-refractivity contribution in [1.29, 1.82) is 0 Å². The van der Waals surface area contributed by atoms with Crippen molar-refractivity contribution < 1.29 is 14.6 Å². The number of aliphatic hydroxyl groups is 1. The number of benzene rings is 1. The molecule has 1 N–H and O–H groups in total. The van der Waals surface area contributed by atoms with E-state index in [2.05, 4.69) is 4.98 Å². The molecule has 0 saturated carbocycles. The summed E-state index contributed by atoms with van der Waals surface area (Å²) in [6, 6.07) is 9.59. The van der Waals surface area contributed by atoms with Gasteiger partial charge in [0.15, 0.2) is 6.29 Å². The molecule has 2 atom stereocenters. The summed E-state index contributed by atoms with van der Waals surface area (Å²) in [5, 5.41) is 10.3. The number of morpholine rings is 1. The number of aromatic nitrogens is 1. The number of pyridine rings is 1. The molecule has 5 nitrogen and oxygen atoms in total. The Morgan fingerprint density at radius 1 is 1.43 bits per heavy atom. The second-order valence-corrected chi connectivity index (χ2v) is 5.37. The minimum absolute atomic E-state index is 0.0105. The molecule has 1 aliphatic heterocycles. The number of hydrogen-bond acceptors (Lipinski definition) is 5. The monoisotopic (exact) mass is 286 g/mol. The van der Waals surface area contributed by atoms with Crippen LogP contribution in [0.3, 0.4) is 0 Å². The van der Waals surface area contributed by atoms with Crippen molar-refractivity contribution >= 4 is 23.0 Å². The van der Waals surface area contributed by atoms with Crippen LogP contribution in [0.15, 0.2) is 30.3 Å². The van der Waals surface area contributed by atoms with Gasteiger partial charge in [-0.25, -0.2) is 4.98 Å². The van der Waals surface area contributed by atoms with Gasteiger partial charge < -0.3 is 14.7 Å². The number of carbonyl (C=O) groups excluding carboxylic acids is 1. The third-order valence-electron chi connectivity index (χ3n) is 3.69. The maximum Gasteiger partial charge on any atom is 0.153 e. The Bertz CT molecular complexity index is 659. The molecule has 1 saturated heterocycles. The summed E-state index contributed by atoms with van der Waals surface area (Å²) in [5.74, 6) is 0.664. The Hall–Kier alpha value is -1.98. The minimum Gasteiger partial charge on any atom is -0.394 e. The SMILES string of the molecule is CC1CN(c2nc3ccccc3cc2C=O)CC(CO)O1. The second kappa shape index (κ2) is 5.79. The van der Waals surface area contributed by atoms with Gasteiger partial charge in [0.2, 0.25) is 0 Å². The Morgan fingerprint density at radius 3 is 3.00 bits per heavy atom. The fourth-order valence-electron chi connectivity index (χ4n) is 2.78. The molecule has 2 heterocycles. The van der Waals surface area contributed by atoms with Crippen LogP contribution >= 0.6 is 0 Å². The summed E-state index contributed by atoms with van der Waals surface area (Å²) in [7, 11) is 0. The number of rotatable bonds is 3. The molecule has 3 rings (SSSR count). The van der Waals surface area contributed by atoms with Crippen LogP contribution in [0.1, 0.15) is 17.3 Å². The average Bonchev–Trinajstić information content (AvgIpc) is 2.52. The van der Waals surface area contributed by atoms with Crippen molar-refractivity contribution in [3.63, 3.8) is 0 Å². The van der Waals surface area contributed by atoms with E-state index in [4.69, 9.17) is 4.74 Å². The van der Waals surface area contributed by atoms with Gasteiger partial charge in [0.05, 0.1) is 29.9 Å². The van der Waals surface area contributed by atoms with E-state index < -0.39 is 0 Å². The molecule has 0 amide bonds. The summed E-state index contributed by atoms with van der Waals surface area (Å²) in [4.78, 5) is 18.0. The number of para-hydroxylation sites is 1. The quantitative estimate of drug-likeness (QED) is 0.869. The van der Waals surface area contributed by atoms with Gasteiger partial charge in [0.25, 0.3) is 0 Å². The van der Waals surface area contributed by atoms with Crippen molar-refractivity contribution in [2.75, 3.05) is 24.6 Å². The number of hydrogen-bond donors (Lipinski definition) is 1. The molecule has 1 aliphatic rings. The number of anilines is 1. The van der Waals surface area contributed by atoms with E-state index in [0.29, 0.717) is 24.5 Å². The molecular weight excluding hydrogens is 268 g/mol. The molecule has 21 heavy (non-hydrogen) atoms. The highest BCUT2D eigenvalue weighted by Gasteiger charge is 2.27. The van der Waals surface area contributed by atoms with E-state index in [-0.39, 0.29) is 18.8 Å². The highest BCUT2D eigenvalue weighted by atomic mass is 16.5. The summed E-state index contributed by atoms with van der Waals surface area (Å²) >= 11 is 0. The molecule has 0 aliphatic carbocycles. The third kappa shape index (κ3) is 2.75. The molecule has 1 aromatic carbocycles. The number of carbonyl (C=O) groups is 1. The lowest BCUT2D eigenvalue weighted by atomic mass is 10.1. The Morgan fingerprint density at radius 2 is 2.24 bits per heavy atom. The first-order valence-electron chi connectivity index (χ1n) is 7.07. The lowest BCUT2D eigenvalue weighted by Gasteiger charge is -2.37. The molecule has 0 radical (unpaired) electrons. The molecule has 110 valence electrons. The van der Waals surface area contributed by atoms with Crippen LogP contribution in [0.2, 0.25) is 0 Å². The van der Waals surface area contributed by atoms with E-state index in [1.165, 1.54) is 0 Å². The van der Waals surface area contributed by atoms with E-state index >= 15 is 0 Å². The minimum atomic E-state index is -0.249. The smallest absolute Gasteiger partial charge is 0.153 e. The van der Waals surface area contributed by atoms with E-state index in [1.807, 2.05) is 42.2 Å². The first-order chi connectivity index (χ1) is 10.2. The van der Waals surface area contributed by atoms with Gasteiger partial charge in [-0.15, -0.1) is 0 Å². The van der Waals surface area contributed by atoms with E-state index in [0.717, 1.165) is 17.2 Å². The molecule has 1 aromatic heterocycles. The highest BCUT2D eigenvalue weighted by Crippen LogP contribution is 2.25. The van der Waals surface area contributed by atoms with Gasteiger partial charge in [-0.1, -0.05) is 18.2 Å². The normalized spacial score (nSPS) is 22.5. The van der Waals surface area contributed by atoms with Crippen molar-refractivity contribution in [1.82, 2.24) is 4.98 Å². The average molecular weight is 286 g/mol. The zero-order valence-electron chi connectivity index (χ0n) is 11.9. The number of aliphatic hydroxyl groups excluding tert-OH is 1. The first kappa shape index (κ1) is 14.0. The van der Waals surface area contributed by atoms with Crippen LogP contribution in [-0.4, -0.2) is 48.3 Å². The predicted octanol–water partition coefficient (Wildman–Crippen LogP) is 1.63. The van der Waals surface area contributed by atoms with Gasteiger partial charge in [0.1, 0.15) is 5.82 Å². The standard InChI is InChI=1S/C16H18N2O3/c1-11-7-18(8-14(10-20)21-11)16-13(9-19)6-12-4-2-3-5-15(12)17-16/h2-6,9,11,14,20H,7-8,10H2,1H3. The number of aldehydes is 1. The van der Waals surface area contributed by atoms with Crippen LogP contribution in [0.5, 0.6) is 0 Å². The predicted molar refractivity (Wildman–Crippen MR) is 80.8 cm³/mol. The zero-order valence-corrected chi connectivity index (χ0v) is 11.9. The van der Waals surface area contributed by atoms with Gasteiger partial charge in [-0.05, 0) is 19.1 Å². The first-order valence-corrected chi connectivity index (χ1v) is 7.07.